The summed E-state index contributed by atoms with van der Waals surface area (Å²) >= 11 is 0. The standard InChI is InChI=1S/C24H25/c1-2-3-13-20-24(21-14-7-4-8-15-21,22-16-9-5-10-17-22)23-18-11-6-12-19-23/h4-12,14-20H,2-3,13H2,1H3. The molecule has 0 fully saturated rings. The van der Waals surface area contributed by atoms with Crippen LogP contribution in [0, 0.1) is 6.42 Å². The third-order valence-electron chi connectivity index (χ3n) is 4.70. The maximum atomic E-state index is 2.51. The van der Waals surface area contributed by atoms with Crippen molar-refractivity contribution in [2.24, 2.45) is 0 Å². The summed E-state index contributed by atoms with van der Waals surface area (Å²) < 4.78 is 0. The summed E-state index contributed by atoms with van der Waals surface area (Å²) in [5.74, 6) is 0. The first kappa shape index (κ1) is 16.5. The molecular weight excluding hydrogens is 288 g/mol. The topological polar surface area (TPSA) is 0 Å². The Balaban J connectivity index is 2.20. The van der Waals surface area contributed by atoms with E-state index in [4.69, 9.17) is 0 Å². The van der Waals surface area contributed by atoms with Crippen LogP contribution >= 0.6 is 0 Å². The van der Waals surface area contributed by atoms with Gasteiger partial charge in [-0.25, -0.2) is 0 Å². The molecule has 0 aliphatic heterocycles. The zero-order chi connectivity index (χ0) is 16.7. The van der Waals surface area contributed by atoms with E-state index in [2.05, 4.69) is 104 Å². The van der Waals surface area contributed by atoms with Gasteiger partial charge in [0.2, 0.25) is 0 Å². The molecule has 0 N–H and O–H groups in total. The fourth-order valence-electron chi connectivity index (χ4n) is 3.48. The normalized spacial score (nSPS) is 11.4. The lowest BCUT2D eigenvalue weighted by Gasteiger charge is -2.36. The highest BCUT2D eigenvalue weighted by Crippen LogP contribution is 2.42. The smallest absolute Gasteiger partial charge is 0.0482 e. The molecular formula is C24H25. The van der Waals surface area contributed by atoms with Crippen molar-refractivity contribution in [2.75, 3.05) is 0 Å². The zero-order valence-corrected chi connectivity index (χ0v) is 14.4. The Morgan fingerprint density at radius 2 is 1.00 bits per heavy atom. The Kier molecular flexibility index (Phi) is 5.48. The molecule has 0 bridgehead atoms. The first-order chi connectivity index (χ1) is 11.9. The minimum absolute atomic E-state index is 0.195. The van der Waals surface area contributed by atoms with E-state index in [0.717, 1.165) is 6.42 Å². The summed E-state index contributed by atoms with van der Waals surface area (Å²) in [7, 11) is 0. The summed E-state index contributed by atoms with van der Waals surface area (Å²) in [6.45, 7) is 2.25. The molecule has 24 heavy (non-hydrogen) atoms. The van der Waals surface area contributed by atoms with Gasteiger partial charge in [0.25, 0.3) is 0 Å². The van der Waals surface area contributed by atoms with Crippen molar-refractivity contribution in [3.8, 4) is 0 Å². The van der Waals surface area contributed by atoms with Crippen LogP contribution in [0.1, 0.15) is 42.9 Å². The molecule has 121 valence electrons. The maximum Gasteiger partial charge on any atom is 0.0482 e. The minimum Gasteiger partial charge on any atom is -0.0654 e. The highest BCUT2D eigenvalue weighted by atomic mass is 14.4. The zero-order valence-electron chi connectivity index (χ0n) is 14.4. The second-order valence-corrected chi connectivity index (χ2v) is 6.25. The van der Waals surface area contributed by atoms with E-state index in [-0.39, 0.29) is 5.41 Å². The summed E-state index contributed by atoms with van der Waals surface area (Å²) in [6.07, 6.45) is 6.05. The van der Waals surface area contributed by atoms with Crippen molar-refractivity contribution in [1.82, 2.24) is 0 Å². The van der Waals surface area contributed by atoms with Gasteiger partial charge in [-0.1, -0.05) is 111 Å². The molecule has 3 rings (SSSR count). The predicted molar refractivity (Wildman–Crippen MR) is 103 cm³/mol. The van der Waals surface area contributed by atoms with Gasteiger partial charge in [-0.2, -0.15) is 0 Å². The second-order valence-electron chi connectivity index (χ2n) is 6.25. The van der Waals surface area contributed by atoms with E-state index in [1.165, 1.54) is 29.5 Å². The van der Waals surface area contributed by atoms with Crippen molar-refractivity contribution in [2.45, 2.75) is 31.6 Å². The van der Waals surface area contributed by atoms with Gasteiger partial charge >= 0.3 is 0 Å². The molecule has 0 saturated carbocycles. The molecule has 0 unspecified atom stereocenters. The number of hydrogen-bond donors (Lipinski definition) is 0. The SMILES string of the molecule is CCCC[CH]C(c1ccccc1)(c1ccccc1)c1ccccc1. The average molecular weight is 313 g/mol. The van der Waals surface area contributed by atoms with Crippen LogP contribution in [0.15, 0.2) is 91.0 Å². The molecule has 0 aliphatic rings. The van der Waals surface area contributed by atoms with E-state index in [1.54, 1.807) is 0 Å². The van der Waals surface area contributed by atoms with Gasteiger partial charge in [0, 0.05) is 5.41 Å². The lowest BCUT2D eigenvalue weighted by Crippen LogP contribution is -2.30. The van der Waals surface area contributed by atoms with Gasteiger partial charge in [0.05, 0.1) is 0 Å². The summed E-state index contributed by atoms with van der Waals surface area (Å²) in [4.78, 5) is 0. The molecule has 0 saturated heterocycles. The lowest BCUT2D eigenvalue weighted by molar-refractivity contribution is 0.641. The molecule has 0 heterocycles. The number of hydrogen-bond acceptors (Lipinski definition) is 0. The molecule has 0 heteroatoms. The van der Waals surface area contributed by atoms with Crippen molar-refractivity contribution in [3.63, 3.8) is 0 Å². The maximum absolute atomic E-state index is 2.51. The highest BCUT2D eigenvalue weighted by Gasteiger charge is 2.35. The molecule has 3 aromatic carbocycles. The van der Waals surface area contributed by atoms with Crippen LogP contribution in [0.25, 0.3) is 0 Å². The Hall–Kier alpha value is -2.34. The summed E-state index contributed by atoms with van der Waals surface area (Å²) in [5, 5.41) is 0. The van der Waals surface area contributed by atoms with E-state index < -0.39 is 0 Å². The molecule has 1 radical (unpaired) electrons. The fraction of sp³-hybridized carbons (Fsp3) is 0.208. The van der Waals surface area contributed by atoms with Crippen LogP contribution in [0.3, 0.4) is 0 Å². The Labute approximate surface area is 146 Å². The third kappa shape index (κ3) is 3.28. The van der Waals surface area contributed by atoms with Gasteiger partial charge in [0.15, 0.2) is 0 Å². The van der Waals surface area contributed by atoms with Crippen LogP contribution in [0.5, 0.6) is 0 Å². The third-order valence-corrected chi connectivity index (χ3v) is 4.70. The van der Waals surface area contributed by atoms with Crippen LogP contribution < -0.4 is 0 Å². The van der Waals surface area contributed by atoms with E-state index in [1.807, 2.05) is 0 Å². The van der Waals surface area contributed by atoms with Crippen molar-refractivity contribution in [1.29, 1.82) is 0 Å². The van der Waals surface area contributed by atoms with Crippen LogP contribution in [0.4, 0.5) is 0 Å². The predicted octanol–water partition coefficient (Wildman–Crippen LogP) is 6.42. The van der Waals surface area contributed by atoms with Crippen LogP contribution in [-0.4, -0.2) is 0 Å². The minimum atomic E-state index is -0.195. The summed E-state index contributed by atoms with van der Waals surface area (Å²) in [5.41, 5.74) is 3.80. The van der Waals surface area contributed by atoms with Gasteiger partial charge in [-0.15, -0.1) is 0 Å². The largest absolute Gasteiger partial charge is 0.0654 e. The number of unbranched alkanes of at least 4 members (excludes halogenated alkanes) is 2. The van der Waals surface area contributed by atoms with Gasteiger partial charge in [-0.3, -0.25) is 0 Å². The molecule has 0 atom stereocenters. The lowest BCUT2D eigenvalue weighted by atomic mass is 9.66. The van der Waals surface area contributed by atoms with Crippen LogP contribution in [0.2, 0.25) is 0 Å². The highest BCUT2D eigenvalue weighted by molar-refractivity contribution is 5.53. The van der Waals surface area contributed by atoms with Crippen molar-refractivity contribution in [3.05, 3.63) is 114 Å². The Bertz CT molecular complexity index is 617. The molecule has 0 amide bonds. The molecule has 0 aliphatic carbocycles. The average Bonchev–Trinajstić information content (AvgIpc) is 2.68. The Morgan fingerprint density at radius 1 is 0.625 bits per heavy atom. The van der Waals surface area contributed by atoms with Crippen molar-refractivity contribution >= 4 is 0 Å². The van der Waals surface area contributed by atoms with E-state index in [9.17, 15) is 0 Å². The molecule has 0 spiro atoms. The second kappa shape index (κ2) is 7.97. The van der Waals surface area contributed by atoms with Gasteiger partial charge < -0.3 is 0 Å². The summed E-state index contributed by atoms with van der Waals surface area (Å²) in [6, 6.07) is 32.7. The van der Waals surface area contributed by atoms with E-state index >= 15 is 0 Å². The van der Waals surface area contributed by atoms with Gasteiger partial charge in [0.1, 0.15) is 0 Å². The number of benzene rings is 3. The van der Waals surface area contributed by atoms with Gasteiger partial charge in [-0.05, 0) is 29.5 Å². The first-order valence-corrected chi connectivity index (χ1v) is 8.89. The monoisotopic (exact) mass is 313 g/mol. The van der Waals surface area contributed by atoms with Crippen LogP contribution in [-0.2, 0) is 5.41 Å². The molecule has 0 nitrogen and oxygen atoms in total. The van der Waals surface area contributed by atoms with E-state index in [0.29, 0.717) is 0 Å². The fourth-order valence-corrected chi connectivity index (χ4v) is 3.48. The molecule has 3 aromatic rings. The van der Waals surface area contributed by atoms with Crippen molar-refractivity contribution < 1.29 is 0 Å². The Morgan fingerprint density at radius 3 is 1.33 bits per heavy atom. The molecule has 0 aromatic heterocycles. The first-order valence-electron chi connectivity index (χ1n) is 8.89. The quantitative estimate of drug-likeness (QED) is 0.349. The number of rotatable bonds is 7.